The van der Waals surface area contributed by atoms with E-state index in [9.17, 15) is 0 Å². The lowest BCUT2D eigenvalue weighted by molar-refractivity contribution is -0.198. The van der Waals surface area contributed by atoms with Crippen LogP contribution >= 0.6 is 0 Å². The molecule has 6 rings (SSSR count). The zero-order valence-corrected chi connectivity index (χ0v) is 24.8. The molecule has 0 heteroatoms. The Morgan fingerprint density at radius 1 is 0.811 bits per heavy atom. The molecule has 5 aliphatic carbocycles. The number of rotatable bonds is 1. The Morgan fingerprint density at radius 3 is 2.11 bits per heavy atom. The number of fused-ring (bicyclic) bond motifs is 6. The average Bonchev–Trinajstić information content (AvgIpc) is 3.49. The summed E-state index contributed by atoms with van der Waals surface area (Å²) in [7, 11) is 0. The van der Waals surface area contributed by atoms with Crippen LogP contribution in [0.5, 0.6) is 0 Å². The maximum Gasteiger partial charge on any atom is 0.0184 e. The maximum absolute atomic E-state index is 2.64. The molecule has 0 spiro atoms. The van der Waals surface area contributed by atoms with Gasteiger partial charge in [-0.05, 0) is 76.2 Å². The molecule has 0 N–H and O–H groups in total. The monoisotopic (exact) mass is 490 g/mol. The molecule has 1 saturated carbocycles. The molecule has 0 nitrogen and oxygen atoms in total. The van der Waals surface area contributed by atoms with Crippen LogP contribution in [-0.4, -0.2) is 0 Å². The Hall–Kier alpha value is -2.34. The zero-order chi connectivity index (χ0) is 26.8. The van der Waals surface area contributed by atoms with Gasteiger partial charge >= 0.3 is 0 Å². The van der Waals surface area contributed by atoms with Crippen molar-refractivity contribution in [2.75, 3.05) is 0 Å². The molecule has 194 valence electrons. The minimum atomic E-state index is -0.0351. The van der Waals surface area contributed by atoms with Crippen molar-refractivity contribution < 1.29 is 0 Å². The van der Waals surface area contributed by atoms with Crippen molar-refractivity contribution in [1.82, 2.24) is 0 Å². The summed E-state index contributed by atoms with van der Waals surface area (Å²) in [6.45, 7) is 25.5. The first-order valence-electron chi connectivity index (χ1n) is 14.5. The van der Waals surface area contributed by atoms with E-state index in [4.69, 9.17) is 0 Å². The van der Waals surface area contributed by atoms with Crippen molar-refractivity contribution in [2.24, 2.45) is 38.9 Å². The summed E-state index contributed by atoms with van der Waals surface area (Å²) in [5.41, 5.74) is 12.9. The van der Waals surface area contributed by atoms with Crippen molar-refractivity contribution >= 4 is 5.57 Å². The molecule has 0 radical (unpaired) electrons. The summed E-state index contributed by atoms with van der Waals surface area (Å²) in [5, 5.41) is 0. The fraction of sp³-hybridized carbons (Fsp3) is 0.514. The van der Waals surface area contributed by atoms with Gasteiger partial charge in [0.1, 0.15) is 0 Å². The predicted octanol–water partition coefficient (Wildman–Crippen LogP) is 10.1. The third kappa shape index (κ3) is 2.61. The lowest BCUT2D eigenvalue weighted by Crippen LogP contribution is -2.70. The van der Waals surface area contributed by atoms with Gasteiger partial charge in [0, 0.05) is 17.3 Å². The summed E-state index contributed by atoms with van der Waals surface area (Å²) in [6, 6.07) is 9.26. The normalized spacial score (nSPS) is 31.8. The third-order valence-corrected chi connectivity index (χ3v) is 13.0. The fourth-order valence-electron chi connectivity index (χ4n) is 9.72. The van der Waals surface area contributed by atoms with Crippen LogP contribution in [0.1, 0.15) is 86.8 Å². The first kappa shape index (κ1) is 25.0. The number of hydrogen-bond donors (Lipinski definition) is 0. The Bertz CT molecular complexity index is 1370. The number of hydrogen-bond acceptors (Lipinski definition) is 0. The molecule has 1 fully saturated rings. The van der Waals surface area contributed by atoms with Gasteiger partial charge in [0.2, 0.25) is 0 Å². The van der Waals surface area contributed by atoms with Gasteiger partial charge < -0.3 is 0 Å². The SMILES string of the molecule is CC(C)=C1CC=CC2=C3C(=C4C(C)(C)C(C)(C)C(C)(C)C(C)(C)C4(C4C=CC=C4)C21)Cc1ccccc13. The highest BCUT2D eigenvalue weighted by molar-refractivity contribution is 5.93. The largest absolute Gasteiger partial charge is 0.0801 e. The summed E-state index contributed by atoms with van der Waals surface area (Å²) in [5.74, 6) is 0.759. The summed E-state index contributed by atoms with van der Waals surface area (Å²) in [4.78, 5) is 0. The van der Waals surface area contributed by atoms with Gasteiger partial charge in [-0.3, -0.25) is 0 Å². The van der Waals surface area contributed by atoms with Crippen LogP contribution in [0.15, 0.2) is 88.6 Å². The van der Waals surface area contributed by atoms with Crippen LogP contribution < -0.4 is 0 Å². The zero-order valence-electron chi connectivity index (χ0n) is 24.8. The molecule has 5 aliphatic rings. The second-order valence-electron chi connectivity index (χ2n) is 14.7. The van der Waals surface area contributed by atoms with Gasteiger partial charge in [-0.1, -0.05) is 133 Å². The van der Waals surface area contributed by atoms with E-state index in [-0.39, 0.29) is 27.1 Å². The van der Waals surface area contributed by atoms with E-state index >= 15 is 0 Å². The summed E-state index contributed by atoms with van der Waals surface area (Å²) in [6.07, 6.45) is 16.8. The standard InChI is InChI=1S/C37H46/c1-23(2)26-20-15-21-28-30-27-19-14-11-16-24(27)22-29(30)32-33(3,4)34(5,6)35(7,8)36(9,10)37(32,31(26)28)25-17-12-13-18-25/h11-19,21,25,31H,20,22H2,1-10H3. The molecule has 2 unspecified atom stereocenters. The molecular weight excluding hydrogens is 444 g/mol. The Balaban J connectivity index is 1.88. The van der Waals surface area contributed by atoms with Gasteiger partial charge in [0.15, 0.2) is 0 Å². The molecule has 37 heavy (non-hydrogen) atoms. The molecular formula is C37H46. The van der Waals surface area contributed by atoms with Gasteiger partial charge in [-0.25, -0.2) is 0 Å². The van der Waals surface area contributed by atoms with Crippen LogP contribution in [0.25, 0.3) is 5.57 Å². The minimum Gasteiger partial charge on any atom is -0.0801 e. The first-order chi connectivity index (χ1) is 17.2. The Morgan fingerprint density at radius 2 is 1.46 bits per heavy atom. The van der Waals surface area contributed by atoms with Crippen LogP contribution in [0.4, 0.5) is 0 Å². The van der Waals surface area contributed by atoms with Crippen LogP contribution in [0.3, 0.4) is 0 Å². The molecule has 2 atom stereocenters. The molecule has 0 aliphatic heterocycles. The first-order valence-corrected chi connectivity index (χ1v) is 14.5. The van der Waals surface area contributed by atoms with Gasteiger partial charge in [-0.2, -0.15) is 0 Å². The topological polar surface area (TPSA) is 0 Å². The molecule has 0 heterocycles. The fourth-order valence-corrected chi connectivity index (χ4v) is 9.72. The second-order valence-corrected chi connectivity index (χ2v) is 14.7. The molecule has 0 amide bonds. The smallest absolute Gasteiger partial charge is 0.0184 e. The molecule has 1 aromatic rings. The lowest BCUT2D eigenvalue weighted by atomic mass is 9.27. The quantitative estimate of drug-likeness (QED) is 0.343. The summed E-state index contributed by atoms with van der Waals surface area (Å²) < 4.78 is 0. The average molecular weight is 491 g/mol. The van der Waals surface area contributed by atoms with Crippen molar-refractivity contribution in [1.29, 1.82) is 0 Å². The van der Waals surface area contributed by atoms with Crippen LogP contribution in [-0.2, 0) is 6.42 Å². The van der Waals surface area contributed by atoms with Crippen molar-refractivity contribution in [3.05, 3.63) is 99.7 Å². The Labute approximate surface area is 226 Å². The van der Waals surface area contributed by atoms with Crippen LogP contribution in [0, 0.1) is 38.9 Å². The van der Waals surface area contributed by atoms with Gasteiger partial charge in [0.05, 0.1) is 0 Å². The molecule has 1 aromatic carbocycles. The van der Waals surface area contributed by atoms with Crippen molar-refractivity contribution in [3.63, 3.8) is 0 Å². The van der Waals surface area contributed by atoms with E-state index in [0.717, 1.165) is 12.8 Å². The molecule has 0 bridgehead atoms. The maximum atomic E-state index is 2.64. The highest BCUT2D eigenvalue weighted by Gasteiger charge is 2.75. The predicted molar refractivity (Wildman–Crippen MR) is 159 cm³/mol. The number of allylic oxidation sites excluding steroid dienone is 12. The van der Waals surface area contributed by atoms with E-state index in [1.54, 1.807) is 27.9 Å². The van der Waals surface area contributed by atoms with E-state index in [1.165, 1.54) is 16.7 Å². The van der Waals surface area contributed by atoms with Crippen molar-refractivity contribution in [2.45, 2.75) is 82.1 Å². The van der Waals surface area contributed by atoms with E-state index in [2.05, 4.69) is 130 Å². The third-order valence-electron chi connectivity index (χ3n) is 13.0. The van der Waals surface area contributed by atoms with Crippen LogP contribution in [0.2, 0.25) is 0 Å². The highest BCUT2D eigenvalue weighted by atomic mass is 14.8. The molecule has 0 aromatic heterocycles. The lowest BCUT2D eigenvalue weighted by Gasteiger charge is -2.76. The number of benzene rings is 1. The summed E-state index contributed by atoms with van der Waals surface area (Å²) >= 11 is 0. The van der Waals surface area contributed by atoms with Crippen molar-refractivity contribution in [3.8, 4) is 0 Å². The second kappa shape index (κ2) is 7.40. The minimum absolute atomic E-state index is 0.0262. The van der Waals surface area contributed by atoms with Gasteiger partial charge in [0.25, 0.3) is 0 Å². The van der Waals surface area contributed by atoms with Gasteiger partial charge in [-0.15, -0.1) is 0 Å². The van der Waals surface area contributed by atoms with E-state index < -0.39 is 0 Å². The Kier molecular flexibility index (Phi) is 4.99. The van der Waals surface area contributed by atoms with E-state index in [1.807, 2.05) is 0 Å². The van der Waals surface area contributed by atoms with E-state index in [0.29, 0.717) is 11.8 Å². The molecule has 0 saturated heterocycles. The highest BCUT2D eigenvalue weighted by Crippen LogP contribution is 2.82.